The first-order valence-electron chi connectivity index (χ1n) is 15.4. The van der Waals surface area contributed by atoms with Crippen LogP contribution in [0.3, 0.4) is 0 Å². The van der Waals surface area contributed by atoms with Crippen molar-refractivity contribution in [2.45, 2.75) is 33.0 Å². The number of halogens is 8. The second kappa shape index (κ2) is 21.4. The Morgan fingerprint density at radius 3 is 1.65 bits per heavy atom. The molecule has 6 rings (SSSR count). The zero-order valence-corrected chi connectivity index (χ0v) is 32.5. The number of hydrogen-bond acceptors (Lipinski definition) is 8. The molecule has 0 saturated heterocycles. The van der Waals surface area contributed by atoms with Crippen molar-refractivity contribution in [2.75, 3.05) is 0 Å². The maximum absolute atomic E-state index is 13.2. The van der Waals surface area contributed by atoms with Gasteiger partial charge in [0, 0.05) is 85.2 Å². The molecule has 57 heavy (non-hydrogen) atoms. The Kier molecular flexibility index (Phi) is 17.7. The number of aromatic nitrogens is 4. The first-order chi connectivity index (χ1) is 26.1. The number of aliphatic hydroxyl groups is 1. The SMILES string of the molecule is C.N#Cc1cc(-c2ccc(F)cc2)c(CO)cn1.N#Cc1cc(-c2ccc(F)cc2)c(COc2ccnc(C(F)(F)F)c2)cn1.O=c1cc[nH]c(C(F)(F)F)c1.[U]. The van der Waals surface area contributed by atoms with Crippen LogP contribution in [0.1, 0.15) is 41.3 Å². The number of alkyl halides is 6. The molecule has 0 atom stereocenters. The number of nitrogens with zero attached hydrogens (tertiary/aromatic N) is 5. The van der Waals surface area contributed by atoms with E-state index in [1.165, 1.54) is 60.9 Å². The summed E-state index contributed by atoms with van der Waals surface area (Å²) in [6.45, 7) is -0.266. The molecule has 4 aromatic heterocycles. The molecule has 0 radical (unpaired) electrons. The standard InChI is InChI=1S/C19H11F4N3O.C13H9FN2O.C6H4F3NO.CH4.U/c20-14-3-1-12(2-4-14)17-7-15(9-24)26-10-13(17)11-27-16-5-6-25-18(8-16)19(21,22)23;14-11-3-1-9(2-4-11)13-5-12(6-15)16-7-10(13)8-17;7-6(8,9)5-3-4(11)1-2-10-5;;/h1-8,10H,11H2;1-5,7,17H,8H2;1-3H,(H,10,11);1H4;. The Morgan fingerprint density at radius 1 is 0.702 bits per heavy atom. The van der Waals surface area contributed by atoms with Crippen LogP contribution in [0.15, 0.2) is 115 Å². The van der Waals surface area contributed by atoms with Crippen LogP contribution < -0.4 is 10.2 Å². The van der Waals surface area contributed by atoms with Gasteiger partial charge in [0.15, 0.2) is 5.43 Å². The number of nitrogens with one attached hydrogen (secondary N) is 1. The van der Waals surface area contributed by atoms with Crippen molar-refractivity contribution in [2.24, 2.45) is 0 Å². The van der Waals surface area contributed by atoms with Crippen molar-refractivity contribution in [1.82, 2.24) is 19.9 Å². The van der Waals surface area contributed by atoms with E-state index >= 15 is 0 Å². The minimum atomic E-state index is -4.57. The average molecular weight is 1020 g/mol. The first kappa shape index (κ1) is 47.2. The van der Waals surface area contributed by atoms with Gasteiger partial charge in [-0.25, -0.2) is 18.7 Å². The molecular weight excluding hydrogens is 990 g/mol. The maximum atomic E-state index is 13.2. The summed E-state index contributed by atoms with van der Waals surface area (Å²) in [5, 5.41) is 27.0. The van der Waals surface area contributed by atoms with E-state index in [0.29, 0.717) is 33.9 Å². The topological polar surface area (TPSA) is 149 Å². The van der Waals surface area contributed by atoms with E-state index in [9.17, 15) is 45.0 Å². The Balaban J connectivity index is 0.000000320. The number of pyridine rings is 4. The minimum absolute atomic E-state index is 0. The van der Waals surface area contributed by atoms with Crippen molar-refractivity contribution < 1.29 is 76.1 Å². The minimum Gasteiger partial charge on any atom is -0.489 e. The van der Waals surface area contributed by atoms with Gasteiger partial charge >= 0.3 is 12.4 Å². The van der Waals surface area contributed by atoms with Crippen LogP contribution >= 0.6 is 0 Å². The van der Waals surface area contributed by atoms with E-state index in [1.807, 2.05) is 17.1 Å². The fourth-order valence-corrected chi connectivity index (χ4v) is 4.55. The molecule has 0 spiro atoms. The van der Waals surface area contributed by atoms with Gasteiger partial charge < -0.3 is 14.8 Å². The van der Waals surface area contributed by atoms with Crippen LogP contribution in [0.5, 0.6) is 5.75 Å². The van der Waals surface area contributed by atoms with Crippen molar-refractivity contribution in [1.29, 1.82) is 10.5 Å². The fraction of sp³-hybridized carbons (Fsp3) is 0.128. The summed E-state index contributed by atoms with van der Waals surface area (Å²) >= 11 is 0. The van der Waals surface area contributed by atoms with Crippen molar-refractivity contribution in [3.63, 3.8) is 0 Å². The van der Waals surface area contributed by atoms with Crippen LogP contribution in [-0.4, -0.2) is 25.0 Å². The number of aliphatic hydroxyl groups excluding tert-OH is 1. The maximum Gasteiger partial charge on any atom is 0.433 e. The second-order valence-electron chi connectivity index (χ2n) is 10.9. The summed E-state index contributed by atoms with van der Waals surface area (Å²) in [5.74, 6) is -0.747. The number of nitriles is 2. The fourth-order valence-electron chi connectivity index (χ4n) is 4.55. The average Bonchev–Trinajstić information content (AvgIpc) is 3.17. The number of rotatable bonds is 6. The van der Waals surface area contributed by atoms with Crippen molar-refractivity contribution in [3.8, 4) is 40.1 Å². The number of benzene rings is 2. The van der Waals surface area contributed by atoms with Gasteiger partial charge in [-0.05, 0) is 64.7 Å². The quantitative estimate of drug-likeness (QED) is 0.157. The summed E-state index contributed by atoms with van der Waals surface area (Å²) in [6, 6.07) is 22.1. The molecule has 0 aliphatic carbocycles. The number of aromatic amines is 1. The van der Waals surface area contributed by atoms with Gasteiger partial charge in [0.1, 0.15) is 58.9 Å². The molecule has 0 bridgehead atoms. The van der Waals surface area contributed by atoms with Crippen molar-refractivity contribution >= 4 is 0 Å². The molecule has 6 aromatic rings. The van der Waals surface area contributed by atoms with Gasteiger partial charge in [-0.1, -0.05) is 31.7 Å². The third kappa shape index (κ3) is 14.0. The van der Waals surface area contributed by atoms with Crippen LogP contribution in [0.4, 0.5) is 35.1 Å². The molecule has 0 fully saturated rings. The molecule has 0 amide bonds. The molecule has 0 unspecified atom stereocenters. The summed E-state index contributed by atoms with van der Waals surface area (Å²) in [5.41, 5.74) is 1.46. The third-order valence-electron chi connectivity index (χ3n) is 7.18. The third-order valence-corrected chi connectivity index (χ3v) is 7.18. The summed E-state index contributed by atoms with van der Waals surface area (Å²) in [7, 11) is 0. The number of ether oxygens (including phenoxy) is 1. The predicted molar refractivity (Wildman–Crippen MR) is 187 cm³/mol. The molecule has 0 aliphatic heterocycles. The van der Waals surface area contributed by atoms with E-state index in [4.69, 9.17) is 15.3 Å². The van der Waals surface area contributed by atoms with Crippen LogP contribution in [-0.2, 0) is 25.6 Å². The normalized spacial score (nSPS) is 10.4. The van der Waals surface area contributed by atoms with Crippen LogP contribution in [0.2, 0.25) is 0 Å². The molecule has 2 N–H and O–H groups in total. The van der Waals surface area contributed by atoms with Gasteiger partial charge in [-0.3, -0.25) is 9.78 Å². The molecule has 0 aliphatic rings. The number of hydrogen-bond donors (Lipinski definition) is 2. The zero-order valence-electron chi connectivity index (χ0n) is 28.3. The molecule has 292 valence electrons. The molecular formula is C39H28F8N6O3U. The molecule has 0 saturated carbocycles. The number of H-pyrrole nitrogens is 1. The van der Waals surface area contributed by atoms with Crippen LogP contribution in [0, 0.1) is 65.4 Å². The van der Waals surface area contributed by atoms with Gasteiger partial charge in [-0.15, -0.1) is 0 Å². The van der Waals surface area contributed by atoms with Gasteiger partial charge in [0.2, 0.25) is 0 Å². The van der Waals surface area contributed by atoms with E-state index in [-0.39, 0.29) is 74.7 Å². The monoisotopic (exact) mass is 1020 g/mol. The van der Waals surface area contributed by atoms with E-state index < -0.39 is 35.0 Å². The van der Waals surface area contributed by atoms with Gasteiger partial charge in [-0.2, -0.15) is 36.9 Å². The summed E-state index contributed by atoms with van der Waals surface area (Å²) in [6.07, 6.45) is -4.21. The molecule has 18 heteroatoms. The second-order valence-corrected chi connectivity index (χ2v) is 10.9. The van der Waals surface area contributed by atoms with Crippen molar-refractivity contribution in [3.05, 3.63) is 165 Å². The Hall–Kier alpha value is -5.93. The van der Waals surface area contributed by atoms with E-state index in [2.05, 4.69) is 15.0 Å². The molecule has 9 nitrogen and oxygen atoms in total. The predicted octanol–water partition coefficient (Wildman–Crippen LogP) is 9.03. The summed E-state index contributed by atoms with van der Waals surface area (Å²) < 4.78 is 105. The van der Waals surface area contributed by atoms with Crippen LogP contribution in [0.25, 0.3) is 22.3 Å². The van der Waals surface area contributed by atoms with E-state index in [1.54, 1.807) is 18.2 Å². The molecule has 4 heterocycles. The smallest absolute Gasteiger partial charge is 0.433 e. The van der Waals surface area contributed by atoms with E-state index in [0.717, 1.165) is 30.1 Å². The van der Waals surface area contributed by atoms with Gasteiger partial charge in [0.25, 0.3) is 0 Å². The zero-order chi connectivity index (χ0) is 40.2. The molecule has 2 aromatic carbocycles. The summed E-state index contributed by atoms with van der Waals surface area (Å²) in [4.78, 5) is 23.5. The Morgan fingerprint density at radius 2 is 1.21 bits per heavy atom. The van der Waals surface area contributed by atoms with Gasteiger partial charge in [0.05, 0.1) is 6.61 Å². The Bertz CT molecular complexity index is 2380. The largest absolute Gasteiger partial charge is 0.489 e. The Labute approximate surface area is 343 Å². The first-order valence-corrected chi connectivity index (χ1v) is 15.4.